The van der Waals surface area contributed by atoms with Gasteiger partial charge < -0.3 is 0 Å². The third kappa shape index (κ3) is 3.76. The zero-order chi connectivity index (χ0) is 15.7. The van der Waals surface area contributed by atoms with Crippen molar-refractivity contribution in [2.45, 2.75) is 50.0 Å². The second kappa shape index (κ2) is 6.23. The molecule has 0 heterocycles. The van der Waals surface area contributed by atoms with Crippen molar-refractivity contribution in [1.29, 1.82) is 0 Å². The Hall–Kier alpha value is -0.650. The van der Waals surface area contributed by atoms with Crippen LogP contribution >= 0.6 is 11.6 Å². The Bertz CT molecular complexity index is 610. The molecule has 1 aliphatic carbocycles. The standard InChI is InChI=1S/C15H21ClFNO2S/c1-11-5-7-15(10-16,8-6-11)18-21(19,20)14-4-3-13(17)9-12(14)2/h3-4,9,11,18H,5-8,10H2,1-2H3. The summed E-state index contributed by atoms with van der Waals surface area (Å²) in [6.45, 7) is 3.75. The third-order valence-corrected chi connectivity index (χ3v) is 6.51. The molecule has 0 atom stereocenters. The van der Waals surface area contributed by atoms with Crippen molar-refractivity contribution in [3.8, 4) is 0 Å². The van der Waals surface area contributed by atoms with E-state index in [4.69, 9.17) is 11.6 Å². The maximum Gasteiger partial charge on any atom is 0.241 e. The van der Waals surface area contributed by atoms with Crippen LogP contribution in [0, 0.1) is 18.7 Å². The number of alkyl halides is 1. The summed E-state index contributed by atoms with van der Waals surface area (Å²) in [5.74, 6) is 0.405. The lowest BCUT2D eigenvalue weighted by Crippen LogP contribution is -2.52. The highest BCUT2D eigenvalue weighted by Gasteiger charge is 2.37. The molecular weight excluding hydrogens is 313 g/mol. The molecule has 1 aromatic carbocycles. The van der Waals surface area contributed by atoms with Crippen LogP contribution in [-0.4, -0.2) is 19.8 Å². The molecule has 0 bridgehead atoms. The highest BCUT2D eigenvalue weighted by atomic mass is 35.5. The Labute approximate surface area is 130 Å². The Kier molecular flexibility index (Phi) is 4.96. The van der Waals surface area contributed by atoms with Gasteiger partial charge in [-0.15, -0.1) is 11.6 Å². The van der Waals surface area contributed by atoms with E-state index in [2.05, 4.69) is 11.6 Å². The molecule has 1 N–H and O–H groups in total. The van der Waals surface area contributed by atoms with Gasteiger partial charge in [0.15, 0.2) is 0 Å². The van der Waals surface area contributed by atoms with Gasteiger partial charge in [-0.3, -0.25) is 0 Å². The molecule has 0 unspecified atom stereocenters. The van der Waals surface area contributed by atoms with E-state index < -0.39 is 21.4 Å². The molecule has 118 valence electrons. The molecule has 1 aliphatic rings. The fraction of sp³-hybridized carbons (Fsp3) is 0.600. The molecule has 0 amide bonds. The average molecular weight is 334 g/mol. The maximum absolute atomic E-state index is 13.1. The Balaban J connectivity index is 2.27. The van der Waals surface area contributed by atoms with Crippen LogP contribution in [0.4, 0.5) is 4.39 Å². The number of aryl methyl sites for hydroxylation is 1. The SMILES string of the molecule is Cc1cc(F)ccc1S(=O)(=O)NC1(CCl)CCC(C)CC1. The van der Waals surface area contributed by atoms with Gasteiger partial charge in [-0.05, 0) is 62.3 Å². The van der Waals surface area contributed by atoms with Crippen molar-refractivity contribution in [3.05, 3.63) is 29.6 Å². The van der Waals surface area contributed by atoms with E-state index in [0.29, 0.717) is 11.5 Å². The first-order chi connectivity index (χ1) is 9.78. The molecule has 1 fully saturated rings. The predicted octanol–water partition coefficient (Wildman–Crippen LogP) is 3.60. The number of nitrogens with one attached hydrogen (secondary N) is 1. The highest BCUT2D eigenvalue weighted by Crippen LogP contribution is 2.34. The second-order valence-electron chi connectivity index (χ2n) is 6.11. The van der Waals surface area contributed by atoms with Gasteiger partial charge in [-0.1, -0.05) is 6.92 Å². The van der Waals surface area contributed by atoms with Crippen LogP contribution < -0.4 is 4.72 Å². The molecule has 21 heavy (non-hydrogen) atoms. The molecule has 6 heteroatoms. The van der Waals surface area contributed by atoms with E-state index in [9.17, 15) is 12.8 Å². The minimum Gasteiger partial charge on any atom is -0.207 e. The normalized spacial score (nSPS) is 26.8. The van der Waals surface area contributed by atoms with Gasteiger partial charge in [0.25, 0.3) is 0 Å². The number of benzene rings is 1. The van der Waals surface area contributed by atoms with Gasteiger partial charge in [0.05, 0.1) is 4.90 Å². The van der Waals surface area contributed by atoms with Crippen molar-refractivity contribution in [2.75, 3.05) is 5.88 Å². The summed E-state index contributed by atoms with van der Waals surface area (Å²) >= 11 is 6.06. The average Bonchev–Trinajstić information content (AvgIpc) is 2.41. The summed E-state index contributed by atoms with van der Waals surface area (Å²) in [4.78, 5) is 0.118. The van der Waals surface area contributed by atoms with Crippen LogP contribution in [-0.2, 0) is 10.0 Å². The highest BCUT2D eigenvalue weighted by molar-refractivity contribution is 7.89. The van der Waals surface area contributed by atoms with Gasteiger partial charge in [-0.25, -0.2) is 17.5 Å². The lowest BCUT2D eigenvalue weighted by atomic mass is 9.79. The summed E-state index contributed by atoms with van der Waals surface area (Å²) in [6, 6.07) is 3.70. The summed E-state index contributed by atoms with van der Waals surface area (Å²) in [7, 11) is -3.70. The predicted molar refractivity (Wildman–Crippen MR) is 82.5 cm³/mol. The largest absolute Gasteiger partial charge is 0.241 e. The summed E-state index contributed by atoms with van der Waals surface area (Å²) in [5.41, 5.74) is -0.190. The number of sulfonamides is 1. The van der Waals surface area contributed by atoms with Gasteiger partial charge >= 0.3 is 0 Å². The molecular formula is C15H21ClFNO2S. The van der Waals surface area contributed by atoms with Crippen LogP contribution in [0.3, 0.4) is 0 Å². The van der Waals surface area contributed by atoms with Crippen molar-refractivity contribution >= 4 is 21.6 Å². The quantitative estimate of drug-likeness (QED) is 0.856. The molecule has 0 aromatic heterocycles. The number of hydrogen-bond acceptors (Lipinski definition) is 2. The lowest BCUT2D eigenvalue weighted by molar-refractivity contribution is 0.247. The van der Waals surface area contributed by atoms with E-state index in [1.54, 1.807) is 6.92 Å². The van der Waals surface area contributed by atoms with Gasteiger partial charge in [0.2, 0.25) is 10.0 Å². The van der Waals surface area contributed by atoms with E-state index in [-0.39, 0.29) is 10.8 Å². The minimum absolute atomic E-state index is 0.118. The smallest absolute Gasteiger partial charge is 0.207 e. The maximum atomic E-state index is 13.1. The van der Waals surface area contributed by atoms with Crippen LogP contribution in [0.25, 0.3) is 0 Å². The van der Waals surface area contributed by atoms with Gasteiger partial charge in [0, 0.05) is 11.4 Å². The Morgan fingerprint density at radius 3 is 2.52 bits per heavy atom. The van der Waals surface area contributed by atoms with Crippen LogP contribution in [0.5, 0.6) is 0 Å². The zero-order valence-electron chi connectivity index (χ0n) is 12.3. The molecule has 3 nitrogen and oxygen atoms in total. The number of rotatable bonds is 4. The third-order valence-electron chi connectivity index (χ3n) is 4.26. The van der Waals surface area contributed by atoms with Gasteiger partial charge in [0.1, 0.15) is 5.82 Å². The van der Waals surface area contributed by atoms with E-state index in [0.717, 1.165) is 31.7 Å². The van der Waals surface area contributed by atoms with Crippen LogP contribution in [0.2, 0.25) is 0 Å². The van der Waals surface area contributed by atoms with Crippen LogP contribution in [0.15, 0.2) is 23.1 Å². The second-order valence-corrected chi connectivity index (χ2v) is 8.03. The first kappa shape index (κ1) is 16.7. The fourth-order valence-electron chi connectivity index (χ4n) is 2.83. The Morgan fingerprint density at radius 1 is 1.38 bits per heavy atom. The number of halogens is 2. The molecule has 2 rings (SSSR count). The first-order valence-electron chi connectivity index (χ1n) is 7.14. The summed E-state index contributed by atoms with van der Waals surface area (Å²) < 4.78 is 41.1. The monoisotopic (exact) mass is 333 g/mol. The van der Waals surface area contributed by atoms with E-state index in [1.807, 2.05) is 0 Å². The molecule has 0 saturated heterocycles. The molecule has 1 saturated carbocycles. The van der Waals surface area contributed by atoms with E-state index >= 15 is 0 Å². The lowest BCUT2D eigenvalue weighted by Gasteiger charge is -2.38. The first-order valence-corrected chi connectivity index (χ1v) is 9.16. The van der Waals surface area contributed by atoms with Crippen molar-refractivity contribution < 1.29 is 12.8 Å². The number of hydrogen-bond donors (Lipinski definition) is 1. The Morgan fingerprint density at radius 2 is 2.00 bits per heavy atom. The van der Waals surface area contributed by atoms with E-state index in [1.165, 1.54) is 12.1 Å². The summed E-state index contributed by atoms with van der Waals surface area (Å²) in [5, 5.41) is 0. The zero-order valence-corrected chi connectivity index (χ0v) is 13.9. The van der Waals surface area contributed by atoms with Crippen molar-refractivity contribution in [1.82, 2.24) is 4.72 Å². The van der Waals surface area contributed by atoms with Crippen molar-refractivity contribution in [3.63, 3.8) is 0 Å². The molecule has 0 aliphatic heterocycles. The fourth-order valence-corrected chi connectivity index (χ4v) is 4.93. The minimum atomic E-state index is -3.70. The molecule has 1 aromatic rings. The molecule has 0 radical (unpaired) electrons. The topological polar surface area (TPSA) is 46.2 Å². The van der Waals surface area contributed by atoms with Crippen LogP contribution in [0.1, 0.15) is 38.2 Å². The molecule has 0 spiro atoms. The van der Waals surface area contributed by atoms with Crippen molar-refractivity contribution in [2.24, 2.45) is 5.92 Å². The summed E-state index contributed by atoms with van der Waals surface area (Å²) in [6.07, 6.45) is 3.38. The van der Waals surface area contributed by atoms with Gasteiger partial charge in [-0.2, -0.15) is 0 Å².